The highest BCUT2D eigenvalue weighted by Crippen LogP contribution is 2.46. The van der Waals surface area contributed by atoms with Gasteiger partial charge in [-0.25, -0.2) is 19.6 Å². The maximum absolute atomic E-state index is 10.4. The van der Waals surface area contributed by atoms with E-state index in [0.717, 1.165) is 38.0 Å². The van der Waals surface area contributed by atoms with E-state index in [1.807, 2.05) is 0 Å². The van der Waals surface area contributed by atoms with Crippen molar-refractivity contribution in [2.24, 2.45) is 27.2 Å². The van der Waals surface area contributed by atoms with Crippen LogP contribution >= 0.6 is 0 Å². The molecular weight excluding hydrogens is 264 g/mol. The third kappa shape index (κ3) is 4.36. The summed E-state index contributed by atoms with van der Waals surface area (Å²) < 4.78 is 0. The highest BCUT2D eigenvalue weighted by atomic mass is 16.1. The Morgan fingerprint density at radius 1 is 0.905 bits per heavy atom. The molecule has 0 radical (unpaired) electrons. The first-order valence-corrected chi connectivity index (χ1v) is 8.19. The third-order valence-corrected chi connectivity index (χ3v) is 5.62. The first kappa shape index (κ1) is 16.1. The van der Waals surface area contributed by atoms with Crippen LogP contribution in [0.4, 0.5) is 0 Å². The summed E-state index contributed by atoms with van der Waals surface area (Å²) in [6.07, 6.45) is 12.3. The molecule has 0 heterocycles. The van der Waals surface area contributed by atoms with Gasteiger partial charge >= 0.3 is 0 Å². The van der Waals surface area contributed by atoms with Crippen LogP contribution in [0.15, 0.2) is 9.98 Å². The fraction of sp³-hybridized carbons (Fsp3) is 0.882. The lowest BCUT2D eigenvalue weighted by Gasteiger charge is -2.43. The van der Waals surface area contributed by atoms with Crippen LogP contribution < -0.4 is 0 Å². The summed E-state index contributed by atoms with van der Waals surface area (Å²) in [7, 11) is 0. The van der Waals surface area contributed by atoms with Gasteiger partial charge < -0.3 is 0 Å². The monoisotopic (exact) mass is 290 g/mol. The Labute approximate surface area is 127 Å². The average molecular weight is 290 g/mol. The fourth-order valence-electron chi connectivity index (χ4n) is 4.27. The van der Waals surface area contributed by atoms with Gasteiger partial charge in [-0.15, -0.1) is 0 Å². The quantitative estimate of drug-likeness (QED) is 0.584. The normalized spacial score (nSPS) is 35.3. The van der Waals surface area contributed by atoms with Crippen LogP contribution in [-0.2, 0) is 9.59 Å². The Morgan fingerprint density at radius 3 is 2.05 bits per heavy atom. The summed E-state index contributed by atoms with van der Waals surface area (Å²) >= 11 is 0. The molecule has 21 heavy (non-hydrogen) atoms. The van der Waals surface area contributed by atoms with Crippen LogP contribution in [0.5, 0.6) is 0 Å². The van der Waals surface area contributed by atoms with E-state index < -0.39 is 0 Å². The lowest BCUT2D eigenvalue weighted by atomic mass is 9.63. The van der Waals surface area contributed by atoms with Crippen molar-refractivity contribution in [3.63, 3.8) is 0 Å². The minimum Gasteiger partial charge on any atom is -0.211 e. The third-order valence-electron chi connectivity index (χ3n) is 5.62. The standard InChI is InChI=1S/C17H26N2O2/c1-17(2)10-16(19-12-21)8-5-14(17)9-13-3-6-15(7-4-13)18-11-20/h13-16H,3-10H2,1-2H3. The lowest BCUT2D eigenvalue weighted by Crippen LogP contribution is -2.35. The summed E-state index contributed by atoms with van der Waals surface area (Å²) in [4.78, 5) is 28.6. The van der Waals surface area contributed by atoms with Crippen molar-refractivity contribution in [2.45, 2.75) is 77.3 Å². The number of hydrogen-bond acceptors (Lipinski definition) is 4. The van der Waals surface area contributed by atoms with E-state index in [4.69, 9.17) is 0 Å². The number of nitrogens with zero attached hydrogens (tertiary/aromatic N) is 2. The zero-order chi connectivity index (χ0) is 15.3. The molecule has 2 saturated carbocycles. The van der Waals surface area contributed by atoms with Gasteiger partial charge in [-0.3, -0.25) is 0 Å². The largest absolute Gasteiger partial charge is 0.235 e. The Balaban J connectivity index is 1.86. The zero-order valence-corrected chi connectivity index (χ0v) is 13.2. The van der Waals surface area contributed by atoms with Crippen molar-refractivity contribution in [3.05, 3.63) is 0 Å². The van der Waals surface area contributed by atoms with Crippen molar-refractivity contribution >= 4 is 12.2 Å². The molecule has 0 amide bonds. The minimum atomic E-state index is 0.173. The number of carbonyl (C=O) groups excluding carboxylic acids is 2. The van der Waals surface area contributed by atoms with Gasteiger partial charge in [0.2, 0.25) is 12.2 Å². The molecule has 0 spiro atoms. The second-order valence-electron chi connectivity index (χ2n) is 7.47. The van der Waals surface area contributed by atoms with E-state index in [9.17, 15) is 9.59 Å². The molecule has 0 aliphatic heterocycles. The summed E-state index contributed by atoms with van der Waals surface area (Å²) in [5.41, 5.74) is 0.251. The molecule has 2 aliphatic carbocycles. The highest BCUT2D eigenvalue weighted by Gasteiger charge is 2.38. The van der Waals surface area contributed by atoms with Crippen LogP contribution in [0.25, 0.3) is 0 Å². The number of isocyanates is 2. The van der Waals surface area contributed by atoms with E-state index in [2.05, 4.69) is 23.8 Å². The Morgan fingerprint density at radius 2 is 1.48 bits per heavy atom. The van der Waals surface area contributed by atoms with Crippen LogP contribution in [0, 0.1) is 17.3 Å². The van der Waals surface area contributed by atoms with Crippen molar-refractivity contribution in [1.29, 1.82) is 0 Å². The lowest BCUT2D eigenvalue weighted by molar-refractivity contribution is 0.0904. The second-order valence-corrected chi connectivity index (χ2v) is 7.47. The number of rotatable bonds is 4. The van der Waals surface area contributed by atoms with Crippen molar-refractivity contribution in [3.8, 4) is 0 Å². The van der Waals surface area contributed by atoms with Crippen molar-refractivity contribution < 1.29 is 9.59 Å². The fourth-order valence-corrected chi connectivity index (χ4v) is 4.27. The molecule has 116 valence electrons. The molecule has 2 rings (SSSR count). The molecule has 2 unspecified atom stereocenters. The average Bonchev–Trinajstić information content (AvgIpc) is 2.44. The van der Waals surface area contributed by atoms with Gasteiger partial charge in [0, 0.05) is 0 Å². The number of aliphatic imine (C=N–C) groups is 2. The Bertz CT molecular complexity index is 440. The molecular formula is C17H26N2O2. The molecule has 0 N–H and O–H groups in total. The van der Waals surface area contributed by atoms with Crippen molar-refractivity contribution in [1.82, 2.24) is 0 Å². The predicted molar refractivity (Wildman–Crippen MR) is 81.5 cm³/mol. The van der Waals surface area contributed by atoms with Gasteiger partial charge in [0.05, 0.1) is 12.1 Å². The molecule has 0 aromatic carbocycles. The summed E-state index contributed by atoms with van der Waals surface area (Å²) in [6.45, 7) is 4.62. The molecule has 0 aromatic rings. The molecule has 2 fully saturated rings. The Hall–Kier alpha value is -1.24. The van der Waals surface area contributed by atoms with Crippen molar-refractivity contribution in [2.75, 3.05) is 0 Å². The molecule has 2 aliphatic rings. The molecule has 0 bridgehead atoms. The summed E-state index contributed by atoms with van der Waals surface area (Å²) in [6, 6.07) is 0.385. The van der Waals surface area contributed by atoms with E-state index in [-0.39, 0.29) is 17.5 Å². The topological polar surface area (TPSA) is 58.9 Å². The summed E-state index contributed by atoms with van der Waals surface area (Å²) in [5, 5.41) is 0. The van der Waals surface area contributed by atoms with E-state index >= 15 is 0 Å². The first-order chi connectivity index (χ1) is 10.0. The SMILES string of the molecule is CC1(C)CC(N=C=O)CCC1CC1CCC(N=C=O)CC1. The minimum absolute atomic E-state index is 0.173. The predicted octanol–water partition coefficient (Wildman–Crippen LogP) is 3.80. The van der Waals surface area contributed by atoms with E-state index in [1.54, 1.807) is 12.2 Å². The van der Waals surface area contributed by atoms with Gasteiger partial charge in [0.25, 0.3) is 0 Å². The Kier molecular flexibility index (Phi) is 5.50. The zero-order valence-electron chi connectivity index (χ0n) is 13.2. The molecule has 4 nitrogen and oxygen atoms in total. The molecule has 0 aromatic heterocycles. The van der Waals surface area contributed by atoms with Gasteiger partial charge in [0.15, 0.2) is 0 Å². The van der Waals surface area contributed by atoms with Crippen LogP contribution in [-0.4, -0.2) is 24.2 Å². The maximum Gasteiger partial charge on any atom is 0.235 e. The molecule has 2 atom stereocenters. The highest BCUT2D eigenvalue weighted by molar-refractivity contribution is 5.34. The van der Waals surface area contributed by atoms with E-state index in [0.29, 0.717) is 5.92 Å². The molecule has 4 heteroatoms. The summed E-state index contributed by atoms with van der Waals surface area (Å²) in [5.74, 6) is 1.48. The van der Waals surface area contributed by atoms with Gasteiger partial charge in [-0.2, -0.15) is 0 Å². The van der Waals surface area contributed by atoms with Crippen LogP contribution in [0.1, 0.15) is 65.2 Å². The second kappa shape index (κ2) is 7.15. The molecule has 0 saturated heterocycles. The van der Waals surface area contributed by atoms with Crippen LogP contribution in [0.2, 0.25) is 0 Å². The van der Waals surface area contributed by atoms with Gasteiger partial charge in [-0.1, -0.05) is 13.8 Å². The van der Waals surface area contributed by atoms with Gasteiger partial charge in [0.1, 0.15) is 0 Å². The first-order valence-electron chi connectivity index (χ1n) is 8.19. The van der Waals surface area contributed by atoms with E-state index in [1.165, 1.54) is 19.3 Å². The number of hydrogen-bond donors (Lipinski definition) is 0. The maximum atomic E-state index is 10.4. The smallest absolute Gasteiger partial charge is 0.211 e. The van der Waals surface area contributed by atoms with Gasteiger partial charge in [-0.05, 0) is 68.6 Å². The van der Waals surface area contributed by atoms with Crippen LogP contribution in [0.3, 0.4) is 0 Å².